The molecule has 1 aromatic heterocycles. The topological polar surface area (TPSA) is 56.3 Å². The second-order valence-electron chi connectivity index (χ2n) is 3.41. The fraction of sp³-hybridized carbons (Fsp3) is 0.600. The van der Waals surface area contributed by atoms with Crippen molar-refractivity contribution in [2.24, 2.45) is 0 Å². The maximum Gasteiger partial charge on any atom is 0.314 e. The smallest absolute Gasteiger partial charge is 0.314 e. The summed E-state index contributed by atoms with van der Waals surface area (Å²) in [5, 5.41) is 3.07. The highest BCUT2D eigenvalue weighted by molar-refractivity contribution is 8.09. The summed E-state index contributed by atoms with van der Waals surface area (Å²) in [6.07, 6.45) is 0. The monoisotopic (exact) mass is 275 g/mol. The van der Waals surface area contributed by atoms with Crippen molar-refractivity contribution < 1.29 is 9.05 Å². The van der Waals surface area contributed by atoms with Gasteiger partial charge in [0.25, 0.3) is 0 Å². The first-order valence-electron chi connectivity index (χ1n) is 5.50. The number of aromatic nitrogens is 2. The average Bonchev–Trinajstić information content (AvgIpc) is 2.15. The SMILES string of the molecule is CCNP(=S)(OCC)Oc1cc(C)nc(C)n1. The Morgan fingerprint density at radius 1 is 1.35 bits per heavy atom. The van der Waals surface area contributed by atoms with Gasteiger partial charge >= 0.3 is 6.64 Å². The summed E-state index contributed by atoms with van der Waals surface area (Å²) in [4.78, 5) is 8.37. The van der Waals surface area contributed by atoms with Gasteiger partial charge in [-0.15, -0.1) is 0 Å². The van der Waals surface area contributed by atoms with Gasteiger partial charge in [-0.2, -0.15) is 4.98 Å². The molecule has 0 fully saturated rings. The first-order chi connectivity index (χ1) is 7.99. The summed E-state index contributed by atoms with van der Waals surface area (Å²) in [6, 6.07) is 1.75. The quantitative estimate of drug-likeness (QED) is 0.804. The Bertz CT molecular complexity index is 398. The van der Waals surface area contributed by atoms with Crippen molar-refractivity contribution in [1.29, 1.82) is 0 Å². The van der Waals surface area contributed by atoms with Crippen LogP contribution in [0.15, 0.2) is 6.07 Å². The zero-order valence-corrected chi connectivity index (χ0v) is 12.3. The fourth-order valence-electron chi connectivity index (χ4n) is 1.32. The number of hydrogen-bond donors (Lipinski definition) is 1. The van der Waals surface area contributed by atoms with Gasteiger partial charge in [-0.3, -0.25) is 0 Å². The molecule has 0 saturated heterocycles. The molecule has 0 aromatic carbocycles. The van der Waals surface area contributed by atoms with Crippen LogP contribution in [0.4, 0.5) is 0 Å². The summed E-state index contributed by atoms with van der Waals surface area (Å²) in [7, 11) is 0. The fourth-order valence-corrected chi connectivity index (χ4v) is 3.53. The van der Waals surface area contributed by atoms with Crippen molar-refractivity contribution in [3.8, 4) is 5.88 Å². The molecule has 0 bridgehead atoms. The number of aryl methyl sites for hydroxylation is 2. The molecule has 96 valence electrons. The Hall–Kier alpha value is -0.550. The molecule has 1 unspecified atom stereocenters. The normalized spacial score (nSPS) is 14.4. The van der Waals surface area contributed by atoms with Crippen molar-refractivity contribution in [3.63, 3.8) is 0 Å². The van der Waals surface area contributed by atoms with Crippen LogP contribution in [0.5, 0.6) is 5.88 Å². The van der Waals surface area contributed by atoms with E-state index >= 15 is 0 Å². The number of nitrogens with one attached hydrogen (secondary N) is 1. The lowest BCUT2D eigenvalue weighted by molar-refractivity contribution is 0.320. The Labute approximate surface area is 107 Å². The second-order valence-corrected chi connectivity index (χ2v) is 6.61. The van der Waals surface area contributed by atoms with Gasteiger partial charge in [-0.05, 0) is 32.6 Å². The lowest BCUT2D eigenvalue weighted by Gasteiger charge is -2.21. The molecule has 0 radical (unpaired) electrons. The van der Waals surface area contributed by atoms with Gasteiger partial charge in [0.2, 0.25) is 5.88 Å². The molecule has 1 rings (SSSR count). The van der Waals surface area contributed by atoms with Gasteiger partial charge < -0.3 is 9.05 Å². The molecule has 1 atom stereocenters. The average molecular weight is 275 g/mol. The minimum Gasteiger partial charge on any atom is -0.414 e. The van der Waals surface area contributed by atoms with E-state index in [1.807, 2.05) is 27.7 Å². The van der Waals surface area contributed by atoms with E-state index < -0.39 is 6.64 Å². The van der Waals surface area contributed by atoms with Gasteiger partial charge in [0.15, 0.2) is 0 Å². The molecule has 0 saturated carbocycles. The minimum atomic E-state index is -2.49. The molecule has 1 N–H and O–H groups in total. The van der Waals surface area contributed by atoms with Gasteiger partial charge in [-0.1, -0.05) is 6.92 Å². The maximum absolute atomic E-state index is 5.69. The van der Waals surface area contributed by atoms with Crippen molar-refractivity contribution >= 4 is 18.4 Å². The maximum atomic E-state index is 5.69. The molecule has 1 heterocycles. The van der Waals surface area contributed by atoms with E-state index in [2.05, 4.69) is 15.1 Å². The Morgan fingerprint density at radius 2 is 2.06 bits per heavy atom. The van der Waals surface area contributed by atoms with Gasteiger partial charge in [0.05, 0.1) is 6.61 Å². The summed E-state index contributed by atoms with van der Waals surface area (Å²) in [5.74, 6) is 1.13. The number of nitrogens with zero attached hydrogens (tertiary/aromatic N) is 2. The van der Waals surface area contributed by atoms with Crippen LogP contribution in [0.1, 0.15) is 25.4 Å². The second kappa shape index (κ2) is 6.40. The molecule has 1 aromatic rings. The third kappa shape index (κ3) is 4.68. The zero-order chi connectivity index (χ0) is 12.9. The van der Waals surface area contributed by atoms with Crippen molar-refractivity contribution in [1.82, 2.24) is 15.1 Å². The molecule has 0 aliphatic heterocycles. The third-order valence-electron chi connectivity index (χ3n) is 1.81. The highest BCUT2D eigenvalue weighted by Crippen LogP contribution is 2.43. The Kier molecular flexibility index (Phi) is 5.46. The summed E-state index contributed by atoms with van der Waals surface area (Å²) < 4.78 is 11.2. The molecule has 0 aliphatic rings. The van der Waals surface area contributed by atoms with Crippen LogP contribution in [0.2, 0.25) is 0 Å². The Balaban J connectivity index is 2.89. The summed E-state index contributed by atoms with van der Waals surface area (Å²) in [5.41, 5.74) is 0.849. The Morgan fingerprint density at radius 3 is 2.59 bits per heavy atom. The molecule has 0 amide bonds. The van der Waals surface area contributed by atoms with E-state index in [1.165, 1.54) is 0 Å². The van der Waals surface area contributed by atoms with Gasteiger partial charge in [0, 0.05) is 18.3 Å². The predicted molar refractivity (Wildman–Crippen MR) is 71.7 cm³/mol. The number of hydrogen-bond acceptors (Lipinski definition) is 5. The van der Waals surface area contributed by atoms with Crippen molar-refractivity contribution in [2.75, 3.05) is 13.2 Å². The van der Waals surface area contributed by atoms with Crippen LogP contribution < -0.4 is 9.61 Å². The van der Waals surface area contributed by atoms with Crippen LogP contribution in [0.3, 0.4) is 0 Å². The number of rotatable bonds is 6. The first-order valence-corrected chi connectivity index (χ1v) is 8.14. The lowest BCUT2D eigenvalue weighted by Crippen LogP contribution is -2.16. The standard InChI is InChI=1S/C10H18N3O2PS/c1-5-11-16(17,14-6-2)15-10-7-8(3)12-9(4)13-10/h7H,5-6H2,1-4H3,(H,11,17). The van der Waals surface area contributed by atoms with Gasteiger partial charge in [-0.25, -0.2) is 10.1 Å². The van der Waals surface area contributed by atoms with E-state index in [1.54, 1.807) is 6.07 Å². The highest BCUT2D eigenvalue weighted by Gasteiger charge is 2.19. The molecule has 0 spiro atoms. The zero-order valence-electron chi connectivity index (χ0n) is 10.6. The van der Waals surface area contributed by atoms with E-state index in [0.717, 1.165) is 5.69 Å². The molecular weight excluding hydrogens is 257 g/mol. The van der Waals surface area contributed by atoms with E-state index in [4.69, 9.17) is 20.9 Å². The summed E-state index contributed by atoms with van der Waals surface area (Å²) >= 11 is 5.36. The van der Waals surface area contributed by atoms with E-state index in [0.29, 0.717) is 24.9 Å². The largest absolute Gasteiger partial charge is 0.414 e. The van der Waals surface area contributed by atoms with Crippen LogP contribution in [-0.2, 0) is 16.3 Å². The molecule has 0 aliphatic carbocycles. The first kappa shape index (κ1) is 14.5. The molecule has 17 heavy (non-hydrogen) atoms. The minimum absolute atomic E-state index is 0.465. The van der Waals surface area contributed by atoms with Crippen LogP contribution in [0, 0.1) is 13.8 Å². The van der Waals surface area contributed by atoms with Crippen molar-refractivity contribution in [2.45, 2.75) is 27.7 Å². The van der Waals surface area contributed by atoms with Gasteiger partial charge in [0.1, 0.15) is 5.82 Å². The predicted octanol–water partition coefficient (Wildman–Crippen LogP) is 2.34. The molecule has 7 heteroatoms. The lowest BCUT2D eigenvalue weighted by atomic mass is 10.4. The third-order valence-corrected chi connectivity index (χ3v) is 4.46. The van der Waals surface area contributed by atoms with Crippen LogP contribution >= 0.6 is 6.64 Å². The van der Waals surface area contributed by atoms with Crippen LogP contribution in [0.25, 0.3) is 0 Å². The molecule has 5 nitrogen and oxygen atoms in total. The summed E-state index contributed by atoms with van der Waals surface area (Å²) in [6.45, 7) is 6.26. The van der Waals surface area contributed by atoms with E-state index in [9.17, 15) is 0 Å². The highest BCUT2D eigenvalue weighted by atomic mass is 32.5. The van der Waals surface area contributed by atoms with Crippen molar-refractivity contribution in [3.05, 3.63) is 17.6 Å². The van der Waals surface area contributed by atoms with Crippen LogP contribution in [-0.4, -0.2) is 23.1 Å². The van der Waals surface area contributed by atoms with E-state index in [-0.39, 0.29) is 0 Å². The molecular formula is C10H18N3O2PS.